The highest BCUT2D eigenvalue weighted by atomic mass is 32.2. The Morgan fingerprint density at radius 2 is 1.90 bits per heavy atom. The van der Waals surface area contributed by atoms with Crippen LogP contribution in [0.5, 0.6) is 5.75 Å². The van der Waals surface area contributed by atoms with Gasteiger partial charge < -0.3 is 19.3 Å². The molecule has 0 aliphatic carbocycles. The van der Waals surface area contributed by atoms with Gasteiger partial charge in [0.15, 0.2) is 6.10 Å². The van der Waals surface area contributed by atoms with Gasteiger partial charge in [-0.3, -0.25) is 9.59 Å². The first-order valence-corrected chi connectivity index (χ1v) is 10.4. The minimum absolute atomic E-state index is 0.343. The van der Waals surface area contributed by atoms with E-state index in [0.717, 1.165) is 5.56 Å². The highest BCUT2D eigenvalue weighted by molar-refractivity contribution is 7.99. The molecule has 0 spiro atoms. The molecule has 0 N–H and O–H groups in total. The first-order valence-electron chi connectivity index (χ1n) is 9.54. The maximum absolute atomic E-state index is 14.9. The fourth-order valence-electron chi connectivity index (χ4n) is 3.28. The molecule has 0 saturated heterocycles. The standard InChI is InChI=1S/C22H25FN2O4S/c1-14(26)29-19-20(15-8-10-16(28-4)11-9-15)30-21-17(23)6-5-7-18(21)25(22(19)27)13-12-24(2)3/h5-11,19-20H,12-13H2,1-4H3. The largest absolute Gasteiger partial charge is 0.497 e. The number of esters is 1. The van der Waals surface area contributed by atoms with Crippen LogP contribution < -0.4 is 9.64 Å². The SMILES string of the molecule is COc1ccc(C2Sc3c(F)cccc3N(CCN(C)C)C(=O)C2OC(C)=O)cc1. The van der Waals surface area contributed by atoms with Gasteiger partial charge in [-0.15, -0.1) is 11.8 Å². The van der Waals surface area contributed by atoms with Crippen LogP contribution in [0, 0.1) is 5.82 Å². The van der Waals surface area contributed by atoms with Crippen LogP contribution in [-0.2, 0) is 14.3 Å². The third-order valence-corrected chi connectivity index (χ3v) is 6.19. The van der Waals surface area contributed by atoms with E-state index in [0.29, 0.717) is 29.4 Å². The fraction of sp³-hybridized carbons (Fsp3) is 0.364. The molecule has 1 heterocycles. The number of methoxy groups -OCH3 is 1. The van der Waals surface area contributed by atoms with Crippen LogP contribution in [0.15, 0.2) is 47.4 Å². The summed E-state index contributed by atoms with van der Waals surface area (Å²) in [5.41, 5.74) is 1.23. The molecule has 0 fully saturated rings. The third kappa shape index (κ3) is 4.76. The van der Waals surface area contributed by atoms with E-state index >= 15 is 0 Å². The number of hydrogen-bond donors (Lipinski definition) is 0. The van der Waals surface area contributed by atoms with E-state index in [4.69, 9.17) is 9.47 Å². The van der Waals surface area contributed by atoms with E-state index in [1.807, 2.05) is 19.0 Å². The van der Waals surface area contributed by atoms with Gasteiger partial charge in [-0.1, -0.05) is 18.2 Å². The van der Waals surface area contributed by atoms with Crippen LogP contribution in [0.1, 0.15) is 17.7 Å². The normalized spacial score (nSPS) is 18.7. The molecule has 160 valence electrons. The molecule has 1 aliphatic rings. The summed E-state index contributed by atoms with van der Waals surface area (Å²) in [6.07, 6.45) is -1.09. The maximum atomic E-state index is 14.9. The zero-order valence-corrected chi connectivity index (χ0v) is 18.2. The number of amides is 1. The molecule has 0 saturated carbocycles. The first kappa shape index (κ1) is 22.1. The summed E-state index contributed by atoms with van der Waals surface area (Å²) in [7, 11) is 5.36. The van der Waals surface area contributed by atoms with Gasteiger partial charge in [0.2, 0.25) is 0 Å². The Bertz CT molecular complexity index is 920. The van der Waals surface area contributed by atoms with Crippen molar-refractivity contribution < 1.29 is 23.5 Å². The average Bonchev–Trinajstić information content (AvgIpc) is 2.82. The molecule has 1 amide bonds. The topological polar surface area (TPSA) is 59.1 Å². The molecule has 2 unspecified atom stereocenters. The Morgan fingerprint density at radius 1 is 1.20 bits per heavy atom. The van der Waals surface area contributed by atoms with E-state index < -0.39 is 23.1 Å². The summed E-state index contributed by atoms with van der Waals surface area (Å²) in [5, 5.41) is -0.604. The minimum atomic E-state index is -1.09. The number of hydrogen-bond acceptors (Lipinski definition) is 6. The van der Waals surface area contributed by atoms with Gasteiger partial charge in [-0.05, 0) is 43.9 Å². The van der Waals surface area contributed by atoms with E-state index in [1.165, 1.54) is 29.7 Å². The number of rotatable bonds is 6. The van der Waals surface area contributed by atoms with Crippen molar-refractivity contribution in [2.75, 3.05) is 39.2 Å². The predicted molar refractivity (Wildman–Crippen MR) is 114 cm³/mol. The van der Waals surface area contributed by atoms with Crippen LogP contribution in [0.3, 0.4) is 0 Å². The van der Waals surface area contributed by atoms with Crippen molar-refractivity contribution in [3.05, 3.63) is 53.8 Å². The van der Waals surface area contributed by atoms with Gasteiger partial charge in [-0.2, -0.15) is 0 Å². The zero-order chi connectivity index (χ0) is 21.8. The van der Waals surface area contributed by atoms with Crippen molar-refractivity contribution in [1.29, 1.82) is 0 Å². The highest BCUT2D eigenvalue weighted by Gasteiger charge is 2.41. The quantitative estimate of drug-likeness (QED) is 0.651. The maximum Gasteiger partial charge on any atom is 0.303 e. The molecular weight excluding hydrogens is 407 g/mol. The second-order valence-electron chi connectivity index (χ2n) is 7.22. The van der Waals surface area contributed by atoms with Crippen molar-refractivity contribution in [1.82, 2.24) is 4.90 Å². The Kier molecular flexibility index (Phi) is 6.99. The van der Waals surface area contributed by atoms with Crippen LogP contribution in [0.2, 0.25) is 0 Å². The van der Waals surface area contributed by atoms with Gasteiger partial charge in [0.25, 0.3) is 5.91 Å². The first-order chi connectivity index (χ1) is 14.3. The number of anilines is 1. The number of benzene rings is 2. The smallest absolute Gasteiger partial charge is 0.303 e. The molecule has 0 aromatic heterocycles. The van der Waals surface area contributed by atoms with Crippen LogP contribution in [-0.4, -0.2) is 57.2 Å². The Labute approximate surface area is 179 Å². The summed E-state index contributed by atoms with van der Waals surface area (Å²) < 4.78 is 25.6. The summed E-state index contributed by atoms with van der Waals surface area (Å²) in [5.74, 6) is -0.690. The lowest BCUT2D eigenvalue weighted by Gasteiger charge is -2.28. The van der Waals surface area contributed by atoms with Crippen LogP contribution in [0.25, 0.3) is 0 Å². The Balaban J connectivity index is 2.11. The summed E-state index contributed by atoms with van der Waals surface area (Å²) in [6, 6.07) is 11.8. The number of thioether (sulfide) groups is 1. The molecule has 3 rings (SSSR count). The fourth-order valence-corrected chi connectivity index (χ4v) is 4.60. The summed E-state index contributed by atoms with van der Waals surface area (Å²) in [4.78, 5) is 29.2. The monoisotopic (exact) mass is 432 g/mol. The number of fused-ring (bicyclic) bond motifs is 1. The number of carbonyl (C=O) groups excluding carboxylic acids is 2. The molecular formula is C22H25FN2O4S. The summed E-state index contributed by atoms with van der Waals surface area (Å²) in [6.45, 7) is 2.19. The number of likely N-dealkylation sites (N-methyl/N-ethyl adjacent to an activating group) is 1. The number of halogens is 1. The predicted octanol–water partition coefficient (Wildman–Crippen LogP) is 3.51. The second kappa shape index (κ2) is 9.49. The lowest BCUT2D eigenvalue weighted by molar-refractivity contribution is -0.152. The van der Waals surface area contributed by atoms with Crippen molar-refractivity contribution >= 4 is 29.3 Å². The van der Waals surface area contributed by atoms with E-state index in [1.54, 1.807) is 43.5 Å². The van der Waals surface area contributed by atoms with Crippen LogP contribution >= 0.6 is 11.8 Å². The number of carbonyl (C=O) groups is 2. The van der Waals surface area contributed by atoms with Crippen molar-refractivity contribution in [3.8, 4) is 5.75 Å². The van der Waals surface area contributed by atoms with E-state index in [-0.39, 0.29) is 5.91 Å². The van der Waals surface area contributed by atoms with Crippen molar-refractivity contribution in [3.63, 3.8) is 0 Å². The molecule has 1 aliphatic heterocycles. The van der Waals surface area contributed by atoms with Gasteiger partial charge >= 0.3 is 5.97 Å². The van der Waals surface area contributed by atoms with Crippen molar-refractivity contribution in [2.24, 2.45) is 0 Å². The minimum Gasteiger partial charge on any atom is -0.497 e. The van der Waals surface area contributed by atoms with Gasteiger partial charge in [0.1, 0.15) is 11.6 Å². The molecule has 0 bridgehead atoms. The van der Waals surface area contributed by atoms with E-state index in [2.05, 4.69) is 0 Å². The van der Waals surface area contributed by atoms with Crippen molar-refractivity contribution in [2.45, 2.75) is 23.2 Å². The van der Waals surface area contributed by atoms with Gasteiger partial charge in [0, 0.05) is 20.0 Å². The Morgan fingerprint density at radius 3 is 2.50 bits per heavy atom. The lowest BCUT2D eigenvalue weighted by atomic mass is 10.1. The Hall–Kier alpha value is -2.58. The van der Waals surface area contributed by atoms with Gasteiger partial charge in [-0.25, -0.2) is 4.39 Å². The summed E-state index contributed by atoms with van der Waals surface area (Å²) >= 11 is 1.19. The molecule has 8 heteroatoms. The number of ether oxygens (including phenoxy) is 2. The van der Waals surface area contributed by atoms with Crippen LogP contribution in [0.4, 0.5) is 10.1 Å². The molecule has 30 heavy (non-hydrogen) atoms. The lowest BCUT2D eigenvalue weighted by Crippen LogP contribution is -2.45. The van der Waals surface area contributed by atoms with E-state index in [9.17, 15) is 14.0 Å². The van der Waals surface area contributed by atoms with Gasteiger partial charge in [0.05, 0.1) is 22.9 Å². The second-order valence-corrected chi connectivity index (χ2v) is 8.37. The molecule has 0 radical (unpaired) electrons. The molecule has 2 aromatic carbocycles. The average molecular weight is 433 g/mol. The molecule has 2 aromatic rings. The highest BCUT2D eigenvalue weighted by Crippen LogP contribution is 2.47. The molecule has 6 nitrogen and oxygen atoms in total. The number of nitrogens with zero attached hydrogens (tertiary/aromatic N) is 2. The third-order valence-electron chi connectivity index (χ3n) is 4.77. The molecule has 2 atom stereocenters. The zero-order valence-electron chi connectivity index (χ0n) is 17.4.